The van der Waals surface area contributed by atoms with Gasteiger partial charge in [-0.05, 0) is 62.1 Å². The average Bonchev–Trinajstić information content (AvgIpc) is 3.42. The van der Waals surface area contributed by atoms with Crippen molar-refractivity contribution in [2.45, 2.75) is 114 Å². The minimum absolute atomic E-state index is 0.00845. The molecule has 3 fully saturated rings. The molecule has 0 spiro atoms. The van der Waals surface area contributed by atoms with Crippen LogP contribution in [0.1, 0.15) is 100 Å². The fraction of sp³-hybridized carbons (Fsp3) is 0.667. The zero-order valence-electron chi connectivity index (χ0n) is 21.8. The number of aryl methyl sites for hydroxylation is 1. The van der Waals surface area contributed by atoms with Gasteiger partial charge in [-0.2, -0.15) is 0 Å². The van der Waals surface area contributed by atoms with Crippen LogP contribution in [0.2, 0.25) is 0 Å². The van der Waals surface area contributed by atoms with Gasteiger partial charge in [0.1, 0.15) is 0 Å². The van der Waals surface area contributed by atoms with Gasteiger partial charge in [-0.1, -0.05) is 62.3 Å². The first-order chi connectivity index (χ1) is 17.6. The molecule has 1 saturated carbocycles. The third-order valence-corrected chi connectivity index (χ3v) is 8.17. The van der Waals surface area contributed by atoms with E-state index in [0.29, 0.717) is 11.8 Å². The lowest BCUT2D eigenvalue weighted by atomic mass is 9.88. The molecule has 3 heterocycles. The maximum Gasteiger partial charge on any atom is 0.0863 e. The van der Waals surface area contributed by atoms with Gasteiger partial charge in [0.2, 0.25) is 0 Å². The van der Waals surface area contributed by atoms with Crippen molar-refractivity contribution in [1.29, 1.82) is 0 Å². The molecule has 2 aromatic rings. The quantitative estimate of drug-likeness (QED) is 0.562. The highest BCUT2D eigenvalue weighted by atomic mass is 16.6. The van der Waals surface area contributed by atoms with Crippen molar-refractivity contribution in [3.8, 4) is 11.8 Å². The maximum atomic E-state index is 9.61. The molecule has 1 N–H and O–H groups in total. The van der Waals surface area contributed by atoms with Gasteiger partial charge in [0.15, 0.2) is 0 Å². The SMILES string of the molecule is CC(C)c1cn([C@H]2C[C@@H]3O[C@@H](CO)CC[C@@H]3O[C@@H]2CCc2ccc(C#CC3CCCCC3)cc2)nn1. The molecule has 2 saturated heterocycles. The van der Waals surface area contributed by atoms with Crippen LogP contribution >= 0.6 is 0 Å². The largest absolute Gasteiger partial charge is 0.394 e. The van der Waals surface area contributed by atoms with E-state index in [0.717, 1.165) is 43.4 Å². The molecule has 2 aliphatic heterocycles. The van der Waals surface area contributed by atoms with Crippen LogP contribution in [0.25, 0.3) is 0 Å². The molecular formula is C30H41N3O3. The average molecular weight is 492 g/mol. The topological polar surface area (TPSA) is 69.4 Å². The molecule has 5 rings (SSSR count). The molecule has 1 aliphatic carbocycles. The van der Waals surface area contributed by atoms with E-state index >= 15 is 0 Å². The van der Waals surface area contributed by atoms with Crippen molar-refractivity contribution in [3.63, 3.8) is 0 Å². The summed E-state index contributed by atoms with van der Waals surface area (Å²) in [4.78, 5) is 0. The Morgan fingerprint density at radius 2 is 1.83 bits per heavy atom. The first-order valence-electron chi connectivity index (χ1n) is 14.0. The van der Waals surface area contributed by atoms with Crippen molar-refractivity contribution in [1.82, 2.24) is 15.0 Å². The minimum atomic E-state index is -0.0891. The van der Waals surface area contributed by atoms with Crippen molar-refractivity contribution in [2.75, 3.05) is 6.61 Å². The second-order valence-corrected chi connectivity index (χ2v) is 11.2. The number of hydrogen-bond donors (Lipinski definition) is 1. The summed E-state index contributed by atoms with van der Waals surface area (Å²) in [5.41, 5.74) is 3.42. The Balaban J connectivity index is 1.25. The van der Waals surface area contributed by atoms with E-state index in [1.54, 1.807) is 0 Å². The zero-order valence-corrected chi connectivity index (χ0v) is 21.8. The van der Waals surface area contributed by atoms with E-state index in [-0.39, 0.29) is 37.1 Å². The maximum absolute atomic E-state index is 9.61. The number of benzene rings is 1. The van der Waals surface area contributed by atoms with Crippen LogP contribution in [-0.2, 0) is 15.9 Å². The number of fused-ring (bicyclic) bond motifs is 1. The van der Waals surface area contributed by atoms with Crippen LogP contribution in [0.15, 0.2) is 30.5 Å². The minimum Gasteiger partial charge on any atom is -0.394 e. The molecule has 0 unspecified atom stereocenters. The Morgan fingerprint density at radius 1 is 1.03 bits per heavy atom. The summed E-state index contributed by atoms with van der Waals surface area (Å²) in [6.07, 6.45) is 13.1. The van der Waals surface area contributed by atoms with Crippen LogP contribution in [-0.4, -0.2) is 51.1 Å². The Bertz CT molecular complexity index is 1030. The van der Waals surface area contributed by atoms with Crippen LogP contribution in [0.5, 0.6) is 0 Å². The summed E-state index contributed by atoms with van der Waals surface area (Å²) in [5, 5.41) is 18.5. The van der Waals surface area contributed by atoms with Crippen LogP contribution < -0.4 is 0 Å². The third-order valence-electron chi connectivity index (χ3n) is 8.17. The predicted molar refractivity (Wildman–Crippen MR) is 140 cm³/mol. The third kappa shape index (κ3) is 6.19. The van der Waals surface area contributed by atoms with E-state index in [4.69, 9.17) is 9.47 Å². The molecular weight excluding hydrogens is 450 g/mol. The summed E-state index contributed by atoms with van der Waals surface area (Å²) in [7, 11) is 0. The van der Waals surface area contributed by atoms with Gasteiger partial charge in [-0.3, -0.25) is 0 Å². The predicted octanol–water partition coefficient (Wildman–Crippen LogP) is 5.20. The highest BCUT2D eigenvalue weighted by Crippen LogP contribution is 2.38. The van der Waals surface area contributed by atoms with Gasteiger partial charge in [-0.25, -0.2) is 4.68 Å². The number of aromatic nitrogens is 3. The number of aliphatic hydroxyl groups excluding tert-OH is 1. The molecule has 5 atom stereocenters. The van der Waals surface area contributed by atoms with Crippen LogP contribution in [0.4, 0.5) is 0 Å². The molecule has 3 aliphatic rings. The summed E-state index contributed by atoms with van der Waals surface area (Å²) in [6.45, 7) is 4.34. The molecule has 1 aromatic carbocycles. The number of nitrogens with zero attached hydrogens (tertiary/aromatic N) is 3. The molecule has 0 radical (unpaired) electrons. The fourth-order valence-corrected chi connectivity index (χ4v) is 5.89. The zero-order chi connectivity index (χ0) is 24.9. The summed E-state index contributed by atoms with van der Waals surface area (Å²) in [5.74, 6) is 7.81. The summed E-state index contributed by atoms with van der Waals surface area (Å²) in [6, 6.07) is 8.83. The Kier molecular flexibility index (Phi) is 8.41. The highest BCUT2D eigenvalue weighted by Gasteiger charge is 2.43. The highest BCUT2D eigenvalue weighted by molar-refractivity contribution is 5.36. The van der Waals surface area contributed by atoms with Gasteiger partial charge in [0.05, 0.1) is 42.8 Å². The lowest BCUT2D eigenvalue weighted by Crippen LogP contribution is -2.51. The van der Waals surface area contributed by atoms with Gasteiger partial charge < -0.3 is 14.6 Å². The van der Waals surface area contributed by atoms with E-state index in [1.807, 2.05) is 4.68 Å². The van der Waals surface area contributed by atoms with Crippen molar-refractivity contribution in [2.24, 2.45) is 5.92 Å². The standard InChI is InChI=1S/C30H41N3O3/c1-21(2)26-19-33(32-31-26)27-18-30-29(17-15-25(20-34)35-30)36-28(27)16-14-24-12-10-23(11-13-24)9-8-22-6-4-3-5-7-22/h10-13,19,21-22,25,27-30,34H,3-7,14-18,20H2,1-2H3/t25-,27+,28-,29+,30+/m1/s1. The van der Waals surface area contributed by atoms with Crippen LogP contribution in [0, 0.1) is 17.8 Å². The first-order valence-corrected chi connectivity index (χ1v) is 14.0. The number of rotatable bonds is 6. The van der Waals surface area contributed by atoms with E-state index < -0.39 is 0 Å². The molecule has 0 amide bonds. The van der Waals surface area contributed by atoms with Crippen LogP contribution in [0.3, 0.4) is 0 Å². The molecule has 194 valence electrons. The lowest BCUT2D eigenvalue weighted by molar-refractivity contribution is -0.209. The van der Waals surface area contributed by atoms with Crippen molar-refractivity contribution >= 4 is 0 Å². The fourth-order valence-electron chi connectivity index (χ4n) is 5.89. The number of hydrogen-bond acceptors (Lipinski definition) is 5. The van der Waals surface area contributed by atoms with Crippen molar-refractivity contribution in [3.05, 3.63) is 47.3 Å². The molecule has 6 heteroatoms. The smallest absolute Gasteiger partial charge is 0.0863 e. The van der Waals surface area contributed by atoms with E-state index in [1.165, 1.54) is 37.7 Å². The molecule has 36 heavy (non-hydrogen) atoms. The van der Waals surface area contributed by atoms with E-state index in [9.17, 15) is 5.11 Å². The monoisotopic (exact) mass is 491 g/mol. The normalized spacial score (nSPS) is 28.9. The number of ether oxygens (including phenoxy) is 2. The van der Waals surface area contributed by atoms with Gasteiger partial charge >= 0.3 is 0 Å². The van der Waals surface area contributed by atoms with Gasteiger partial charge in [0, 0.05) is 24.1 Å². The summed E-state index contributed by atoms with van der Waals surface area (Å²) < 4.78 is 14.8. The lowest BCUT2D eigenvalue weighted by Gasteiger charge is -2.45. The Labute approximate surface area is 215 Å². The Hall–Kier alpha value is -2.20. The molecule has 0 bridgehead atoms. The van der Waals surface area contributed by atoms with Gasteiger partial charge in [-0.15, -0.1) is 5.10 Å². The molecule has 6 nitrogen and oxygen atoms in total. The second-order valence-electron chi connectivity index (χ2n) is 11.2. The number of aliphatic hydroxyl groups is 1. The first kappa shape index (κ1) is 25.4. The summed E-state index contributed by atoms with van der Waals surface area (Å²) >= 11 is 0. The van der Waals surface area contributed by atoms with E-state index in [2.05, 4.69) is 66.5 Å². The molecule has 1 aromatic heterocycles. The van der Waals surface area contributed by atoms with Crippen molar-refractivity contribution < 1.29 is 14.6 Å². The second kappa shape index (κ2) is 11.9. The Morgan fingerprint density at radius 3 is 2.56 bits per heavy atom. The van der Waals surface area contributed by atoms with Gasteiger partial charge in [0.25, 0.3) is 0 Å².